The molecule has 0 saturated carbocycles. The largest absolute Gasteiger partial charge is 0.311 e. The van der Waals surface area contributed by atoms with Gasteiger partial charge in [-0.15, -0.1) is 0 Å². The first kappa shape index (κ1) is 14.0. The van der Waals surface area contributed by atoms with Crippen molar-refractivity contribution in [3.05, 3.63) is 0 Å². The maximum Gasteiger partial charge on any atom is 0.150 e. The van der Waals surface area contributed by atoms with Crippen LogP contribution in [0.2, 0.25) is 0 Å². The molecule has 1 aliphatic heterocycles. The number of hydrogen-bond acceptors (Lipinski definition) is 3. The summed E-state index contributed by atoms with van der Waals surface area (Å²) >= 11 is 0. The summed E-state index contributed by atoms with van der Waals surface area (Å²) in [5.41, 5.74) is 0. The molecule has 1 N–H and O–H groups in total. The van der Waals surface area contributed by atoms with E-state index in [0.717, 1.165) is 12.8 Å². The summed E-state index contributed by atoms with van der Waals surface area (Å²) in [6, 6.07) is 0.903. The molecule has 0 bridgehead atoms. The zero-order valence-electron chi connectivity index (χ0n) is 10.7. The van der Waals surface area contributed by atoms with Gasteiger partial charge in [-0.1, -0.05) is 26.7 Å². The highest BCUT2D eigenvalue weighted by Gasteiger charge is 2.25. The molecule has 0 radical (unpaired) electrons. The summed E-state index contributed by atoms with van der Waals surface area (Å²) in [4.78, 5) is 0. The smallest absolute Gasteiger partial charge is 0.150 e. The molecule has 0 aromatic rings. The molecule has 0 aromatic heterocycles. The fourth-order valence-corrected chi connectivity index (χ4v) is 4.05. The molecule has 0 amide bonds. The SMILES string of the molecule is CCC(CC)C(C)NC1CCS(=O)(=O)CC1. The van der Waals surface area contributed by atoms with Crippen LogP contribution in [0.4, 0.5) is 0 Å². The molecule has 1 saturated heterocycles. The van der Waals surface area contributed by atoms with Gasteiger partial charge in [0.2, 0.25) is 0 Å². The highest BCUT2D eigenvalue weighted by atomic mass is 32.2. The number of hydrogen-bond donors (Lipinski definition) is 1. The van der Waals surface area contributed by atoms with Gasteiger partial charge in [-0.3, -0.25) is 0 Å². The summed E-state index contributed by atoms with van der Waals surface area (Å²) in [5.74, 6) is 1.43. The van der Waals surface area contributed by atoms with Crippen molar-refractivity contribution >= 4 is 9.84 Å². The third kappa shape index (κ3) is 4.06. The molecular weight excluding hydrogens is 222 g/mol. The van der Waals surface area contributed by atoms with Gasteiger partial charge in [0, 0.05) is 12.1 Å². The van der Waals surface area contributed by atoms with Crippen LogP contribution in [0, 0.1) is 5.92 Å². The lowest BCUT2D eigenvalue weighted by Gasteiger charge is -2.30. The lowest BCUT2D eigenvalue weighted by atomic mass is 9.94. The van der Waals surface area contributed by atoms with E-state index in [1.54, 1.807) is 0 Å². The van der Waals surface area contributed by atoms with Crippen LogP contribution in [0.15, 0.2) is 0 Å². The van der Waals surface area contributed by atoms with Crippen LogP contribution in [-0.4, -0.2) is 32.0 Å². The van der Waals surface area contributed by atoms with Gasteiger partial charge in [-0.2, -0.15) is 0 Å². The van der Waals surface area contributed by atoms with Gasteiger partial charge in [0.15, 0.2) is 0 Å². The second kappa shape index (κ2) is 6.01. The van der Waals surface area contributed by atoms with Crippen molar-refractivity contribution in [1.29, 1.82) is 0 Å². The average molecular weight is 247 g/mol. The van der Waals surface area contributed by atoms with Crippen LogP contribution in [0.25, 0.3) is 0 Å². The average Bonchev–Trinajstić information content (AvgIpc) is 2.23. The normalized spacial score (nSPS) is 23.5. The predicted molar refractivity (Wildman–Crippen MR) is 68.3 cm³/mol. The highest BCUT2D eigenvalue weighted by molar-refractivity contribution is 7.91. The first-order valence-corrected chi connectivity index (χ1v) is 8.27. The van der Waals surface area contributed by atoms with E-state index in [4.69, 9.17) is 0 Å². The fraction of sp³-hybridized carbons (Fsp3) is 1.00. The van der Waals surface area contributed by atoms with Crippen molar-refractivity contribution in [2.75, 3.05) is 11.5 Å². The zero-order valence-corrected chi connectivity index (χ0v) is 11.5. The van der Waals surface area contributed by atoms with E-state index in [1.807, 2.05) is 0 Å². The summed E-state index contributed by atoms with van der Waals surface area (Å²) in [6.07, 6.45) is 3.95. The Kier molecular flexibility index (Phi) is 5.25. The molecule has 1 atom stereocenters. The Hall–Kier alpha value is -0.0900. The number of rotatable bonds is 5. The molecule has 1 fully saturated rings. The molecule has 0 aromatic carbocycles. The Morgan fingerprint density at radius 3 is 2.12 bits per heavy atom. The van der Waals surface area contributed by atoms with Crippen LogP contribution < -0.4 is 5.32 Å². The lowest BCUT2D eigenvalue weighted by molar-refractivity contribution is 0.310. The molecule has 1 unspecified atom stereocenters. The van der Waals surface area contributed by atoms with Crippen LogP contribution >= 0.6 is 0 Å². The monoisotopic (exact) mass is 247 g/mol. The molecule has 1 heterocycles. The summed E-state index contributed by atoms with van der Waals surface area (Å²) in [7, 11) is -2.72. The predicted octanol–water partition coefficient (Wildman–Crippen LogP) is 1.98. The van der Waals surface area contributed by atoms with Gasteiger partial charge < -0.3 is 5.32 Å². The minimum absolute atomic E-state index is 0.361. The summed E-state index contributed by atoms with van der Waals surface area (Å²) in [5, 5.41) is 3.59. The molecule has 4 heteroatoms. The van der Waals surface area contributed by atoms with Crippen LogP contribution in [0.3, 0.4) is 0 Å². The summed E-state index contributed by atoms with van der Waals surface area (Å²) < 4.78 is 22.6. The Morgan fingerprint density at radius 2 is 1.69 bits per heavy atom. The third-order valence-electron chi connectivity index (χ3n) is 3.81. The molecule has 3 nitrogen and oxygen atoms in total. The second-order valence-electron chi connectivity index (χ2n) is 4.96. The molecule has 1 aliphatic rings. The van der Waals surface area contributed by atoms with E-state index in [-0.39, 0.29) is 0 Å². The quantitative estimate of drug-likeness (QED) is 0.808. The van der Waals surface area contributed by atoms with Crippen molar-refractivity contribution in [1.82, 2.24) is 5.32 Å². The maximum atomic E-state index is 11.3. The first-order chi connectivity index (χ1) is 7.48. The molecule has 16 heavy (non-hydrogen) atoms. The minimum Gasteiger partial charge on any atom is -0.311 e. The van der Waals surface area contributed by atoms with E-state index in [0.29, 0.717) is 29.5 Å². The third-order valence-corrected chi connectivity index (χ3v) is 5.52. The molecule has 0 spiro atoms. The Morgan fingerprint density at radius 1 is 1.19 bits per heavy atom. The standard InChI is InChI=1S/C12H25NO2S/c1-4-11(5-2)10(3)13-12-6-8-16(14,15)9-7-12/h10-13H,4-9H2,1-3H3. The van der Waals surface area contributed by atoms with Gasteiger partial charge in [0.05, 0.1) is 11.5 Å². The Labute approximate surface area is 99.9 Å². The van der Waals surface area contributed by atoms with E-state index >= 15 is 0 Å². The van der Waals surface area contributed by atoms with Crippen molar-refractivity contribution in [2.45, 2.75) is 58.5 Å². The minimum atomic E-state index is -2.72. The molecular formula is C12H25NO2S. The van der Waals surface area contributed by atoms with Crippen LogP contribution in [0.5, 0.6) is 0 Å². The second-order valence-corrected chi connectivity index (χ2v) is 7.26. The van der Waals surface area contributed by atoms with Gasteiger partial charge >= 0.3 is 0 Å². The molecule has 96 valence electrons. The van der Waals surface area contributed by atoms with E-state index in [1.165, 1.54) is 12.8 Å². The Bertz CT molecular complexity index is 282. The van der Waals surface area contributed by atoms with E-state index in [9.17, 15) is 8.42 Å². The lowest BCUT2D eigenvalue weighted by Crippen LogP contribution is -2.44. The van der Waals surface area contributed by atoms with Crippen molar-refractivity contribution in [2.24, 2.45) is 5.92 Å². The van der Waals surface area contributed by atoms with Crippen molar-refractivity contribution in [3.63, 3.8) is 0 Å². The van der Waals surface area contributed by atoms with Crippen LogP contribution in [0.1, 0.15) is 46.5 Å². The highest BCUT2D eigenvalue weighted by Crippen LogP contribution is 2.17. The van der Waals surface area contributed by atoms with E-state index in [2.05, 4.69) is 26.1 Å². The van der Waals surface area contributed by atoms with Gasteiger partial charge in [0.25, 0.3) is 0 Å². The topological polar surface area (TPSA) is 46.2 Å². The zero-order chi connectivity index (χ0) is 12.2. The number of nitrogens with one attached hydrogen (secondary N) is 1. The van der Waals surface area contributed by atoms with Gasteiger partial charge in [0.1, 0.15) is 9.84 Å². The van der Waals surface area contributed by atoms with E-state index < -0.39 is 9.84 Å². The first-order valence-electron chi connectivity index (χ1n) is 6.45. The number of sulfone groups is 1. The fourth-order valence-electron chi connectivity index (χ4n) is 2.56. The van der Waals surface area contributed by atoms with Crippen molar-refractivity contribution < 1.29 is 8.42 Å². The molecule has 1 rings (SSSR count). The molecule has 0 aliphatic carbocycles. The van der Waals surface area contributed by atoms with Gasteiger partial charge in [-0.05, 0) is 25.7 Å². The summed E-state index contributed by atoms with van der Waals surface area (Å²) in [6.45, 7) is 6.66. The Balaban J connectivity index is 2.38. The maximum absolute atomic E-state index is 11.3. The van der Waals surface area contributed by atoms with Crippen molar-refractivity contribution in [3.8, 4) is 0 Å². The van der Waals surface area contributed by atoms with Gasteiger partial charge in [-0.25, -0.2) is 8.42 Å². The van der Waals surface area contributed by atoms with Crippen LogP contribution in [-0.2, 0) is 9.84 Å².